The van der Waals surface area contributed by atoms with Gasteiger partial charge in [0.25, 0.3) is 5.56 Å². The highest BCUT2D eigenvalue weighted by atomic mass is 35.5. The van der Waals surface area contributed by atoms with Crippen LogP contribution >= 0.6 is 11.6 Å². The number of anilines is 1. The lowest BCUT2D eigenvalue weighted by atomic mass is 10.1. The molecule has 0 saturated carbocycles. The molecule has 0 aliphatic carbocycles. The maximum Gasteiger partial charge on any atom is 0.322 e. The standard InChI is InChI=1S/C24H29ClN4O2/c1-4-28(5-2)12-13-29(24(31)26-21-9-7-20(25)8-10-21)16-19-15-18-14-17(3)6-11-22(18)27-23(19)30/h6-11,14-15H,4-5,12-13,16H2,1-3H3,(H,26,31)(H,27,30). The average molecular weight is 441 g/mol. The number of H-pyrrole nitrogens is 1. The van der Waals surface area contributed by atoms with Crippen molar-refractivity contribution in [3.05, 3.63) is 75.0 Å². The molecule has 0 radical (unpaired) electrons. The number of aryl methyl sites for hydroxylation is 1. The molecule has 3 aromatic rings. The number of halogens is 1. The molecule has 31 heavy (non-hydrogen) atoms. The smallest absolute Gasteiger partial charge is 0.322 e. The van der Waals surface area contributed by atoms with Crippen LogP contribution in [-0.4, -0.2) is 47.0 Å². The molecule has 1 heterocycles. The molecule has 164 valence electrons. The molecular formula is C24H29ClN4O2. The number of amides is 2. The van der Waals surface area contributed by atoms with Gasteiger partial charge in [-0.1, -0.05) is 37.1 Å². The number of hydrogen-bond acceptors (Lipinski definition) is 3. The van der Waals surface area contributed by atoms with E-state index in [1.165, 1.54) is 0 Å². The van der Waals surface area contributed by atoms with Gasteiger partial charge < -0.3 is 20.1 Å². The topological polar surface area (TPSA) is 68.4 Å². The Bertz CT molecular complexity index is 1090. The summed E-state index contributed by atoms with van der Waals surface area (Å²) in [6, 6.07) is 14.5. The molecule has 0 atom stereocenters. The van der Waals surface area contributed by atoms with Crippen molar-refractivity contribution in [1.82, 2.24) is 14.8 Å². The molecule has 3 rings (SSSR count). The summed E-state index contributed by atoms with van der Waals surface area (Å²) in [6.45, 7) is 9.46. The van der Waals surface area contributed by atoms with Crippen molar-refractivity contribution < 1.29 is 4.79 Å². The Balaban J connectivity index is 1.85. The zero-order valence-corrected chi connectivity index (χ0v) is 19.0. The van der Waals surface area contributed by atoms with E-state index in [0.29, 0.717) is 22.8 Å². The van der Waals surface area contributed by atoms with Crippen LogP contribution in [0.5, 0.6) is 0 Å². The number of benzene rings is 2. The number of fused-ring (bicyclic) bond motifs is 1. The molecule has 2 amide bonds. The summed E-state index contributed by atoms with van der Waals surface area (Å²) >= 11 is 5.94. The van der Waals surface area contributed by atoms with Gasteiger partial charge in [0.2, 0.25) is 0 Å². The summed E-state index contributed by atoms with van der Waals surface area (Å²) in [7, 11) is 0. The predicted molar refractivity (Wildman–Crippen MR) is 128 cm³/mol. The second-order valence-electron chi connectivity index (χ2n) is 7.60. The van der Waals surface area contributed by atoms with Crippen LogP contribution in [0.15, 0.2) is 53.3 Å². The quantitative estimate of drug-likeness (QED) is 0.525. The second kappa shape index (κ2) is 10.5. The zero-order chi connectivity index (χ0) is 22.4. The van der Waals surface area contributed by atoms with Crippen LogP contribution in [0, 0.1) is 6.92 Å². The van der Waals surface area contributed by atoms with Crippen LogP contribution in [0.1, 0.15) is 25.0 Å². The fourth-order valence-corrected chi connectivity index (χ4v) is 3.61. The van der Waals surface area contributed by atoms with Gasteiger partial charge in [-0.05, 0) is 67.9 Å². The second-order valence-corrected chi connectivity index (χ2v) is 8.04. The summed E-state index contributed by atoms with van der Waals surface area (Å²) in [4.78, 5) is 32.6. The average Bonchev–Trinajstić information content (AvgIpc) is 2.75. The molecule has 0 aliphatic rings. The van der Waals surface area contributed by atoms with Crippen LogP contribution in [0.4, 0.5) is 10.5 Å². The number of carbonyl (C=O) groups is 1. The monoisotopic (exact) mass is 440 g/mol. The summed E-state index contributed by atoms with van der Waals surface area (Å²) in [5.74, 6) is 0. The highest BCUT2D eigenvalue weighted by molar-refractivity contribution is 6.30. The molecule has 2 aromatic carbocycles. The minimum Gasteiger partial charge on any atom is -0.322 e. The fourth-order valence-electron chi connectivity index (χ4n) is 3.48. The van der Waals surface area contributed by atoms with E-state index in [-0.39, 0.29) is 18.1 Å². The third-order valence-electron chi connectivity index (χ3n) is 5.40. The first-order valence-corrected chi connectivity index (χ1v) is 10.9. The van der Waals surface area contributed by atoms with Crippen LogP contribution in [0.2, 0.25) is 5.02 Å². The summed E-state index contributed by atoms with van der Waals surface area (Å²) < 4.78 is 0. The largest absolute Gasteiger partial charge is 0.322 e. The van der Waals surface area contributed by atoms with Crippen molar-refractivity contribution in [2.75, 3.05) is 31.5 Å². The molecule has 0 spiro atoms. The van der Waals surface area contributed by atoms with E-state index in [2.05, 4.69) is 29.0 Å². The van der Waals surface area contributed by atoms with Gasteiger partial charge in [-0.25, -0.2) is 4.79 Å². The van der Waals surface area contributed by atoms with Gasteiger partial charge >= 0.3 is 6.03 Å². The molecule has 2 N–H and O–H groups in total. The van der Waals surface area contributed by atoms with E-state index in [4.69, 9.17) is 11.6 Å². The fraction of sp³-hybridized carbons (Fsp3) is 0.333. The van der Waals surface area contributed by atoms with Crippen LogP contribution in [-0.2, 0) is 6.54 Å². The molecule has 1 aromatic heterocycles. The number of hydrogen-bond donors (Lipinski definition) is 2. The lowest BCUT2D eigenvalue weighted by Gasteiger charge is -2.26. The lowest BCUT2D eigenvalue weighted by Crippen LogP contribution is -2.41. The number of nitrogens with zero attached hydrogens (tertiary/aromatic N) is 2. The Morgan fingerprint density at radius 3 is 2.42 bits per heavy atom. The molecule has 0 aliphatic heterocycles. The van der Waals surface area contributed by atoms with Gasteiger partial charge in [-0.15, -0.1) is 0 Å². The van der Waals surface area contributed by atoms with Crippen molar-refractivity contribution >= 4 is 34.2 Å². The first-order chi connectivity index (χ1) is 14.9. The van der Waals surface area contributed by atoms with Crippen molar-refractivity contribution in [2.45, 2.75) is 27.3 Å². The SMILES string of the molecule is CCN(CC)CCN(Cc1cc2cc(C)ccc2[nH]c1=O)C(=O)Nc1ccc(Cl)cc1. The number of pyridine rings is 1. The van der Waals surface area contributed by atoms with Crippen LogP contribution < -0.4 is 10.9 Å². The van der Waals surface area contributed by atoms with Gasteiger partial charge in [0.15, 0.2) is 0 Å². The predicted octanol–water partition coefficient (Wildman–Crippen LogP) is 4.87. The van der Waals surface area contributed by atoms with E-state index in [1.54, 1.807) is 29.2 Å². The van der Waals surface area contributed by atoms with Crippen LogP contribution in [0.25, 0.3) is 10.9 Å². The Hall–Kier alpha value is -2.83. The van der Waals surface area contributed by atoms with E-state index < -0.39 is 0 Å². The number of nitrogens with one attached hydrogen (secondary N) is 2. The normalized spacial score (nSPS) is 11.1. The van der Waals surface area contributed by atoms with E-state index in [1.807, 2.05) is 31.2 Å². The molecule has 0 fully saturated rings. The third-order valence-corrected chi connectivity index (χ3v) is 5.65. The van der Waals surface area contributed by atoms with Gasteiger partial charge in [0, 0.05) is 34.9 Å². The number of aromatic amines is 1. The first-order valence-electron chi connectivity index (χ1n) is 10.6. The molecule has 0 unspecified atom stereocenters. The Labute approximate surface area is 187 Å². The Morgan fingerprint density at radius 1 is 1.03 bits per heavy atom. The zero-order valence-electron chi connectivity index (χ0n) is 18.2. The number of urea groups is 1. The van der Waals surface area contributed by atoms with E-state index >= 15 is 0 Å². The molecule has 7 heteroatoms. The van der Waals surface area contributed by atoms with Gasteiger partial charge in [0.05, 0.1) is 6.54 Å². The number of rotatable bonds is 8. The summed E-state index contributed by atoms with van der Waals surface area (Å²) in [6.07, 6.45) is 0. The third kappa shape index (κ3) is 6.09. The van der Waals surface area contributed by atoms with Gasteiger partial charge in [-0.3, -0.25) is 4.79 Å². The highest BCUT2D eigenvalue weighted by Gasteiger charge is 2.17. The molecular weight excluding hydrogens is 412 g/mol. The first kappa shape index (κ1) is 22.8. The van der Waals surface area contributed by atoms with Crippen LogP contribution in [0.3, 0.4) is 0 Å². The Morgan fingerprint density at radius 2 is 1.74 bits per heavy atom. The van der Waals surface area contributed by atoms with E-state index in [0.717, 1.165) is 36.1 Å². The van der Waals surface area contributed by atoms with Crippen molar-refractivity contribution in [3.63, 3.8) is 0 Å². The maximum absolute atomic E-state index is 13.1. The van der Waals surface area contributed by atoms with Crippen molar-refractivity contribution in [2.24, 2.45) is 0 Å². The number of aromatic nitrogens is 1. The molecule has 0 bridgehead atoms. The maximum atomic E-state index is 13.1. The van der Waals surface area contributed by atoms with Crippen molar-refractivity contribution in [3.8, 4) is 0 Å². The lowest BCUT2D eigenvalue weighted by molar-refractivity contribution is 0.194. The minimum atomic E-state index is -0.252. The van der Waals surface area contributed by atoms with Crippen molar-refractivity contribution in [1.29, 1.82) is 0 Å². The minimum absolute atomic E-state index is 0.177. The molecule has 0 saturated heterocycles. The summed E-state index contributed by atoms with van der Waals surface area (Å²) in [5.41, 5.74) is 2.95. The number of likely N-dealkylation sites (N-methyl/N-ethyl adjacent to an activating group) is 1. The Kier molecular flexibility index (Phi) is 7.71. The molecule has 6 nitrogen and oxygen atoms in total. The van der Waals surface area contributed by atoms with Gasteiger partial charge in [0.1, 0.15) is 0 Å². The van der Waals surface area contributed by atoms with E-state index in [9.17, 15) is 9.59 Å². The number of carbonyl (C=O) groups excluding carboxylic acids is 1. The summed E-state index contributed by atoms with van der Waals surface area (Å²) in [5, 5.41) is 4.47. The highest BCUT2D eigenvalue weighted by Crippen LogP contribution is 2.16. The van der Waals surface area contributed by atoms with Gasteiger partial charge in [-0.2, -0.15) is 0 Å².